The highest BCUT2D eigenvalue weighted by Gasteiger charge is 2.46. The summed E-state index contributed by atoms with van der Waals surface area (Å²) in [6.45, 7) is 2.05. The van der Waals surface area contributed by atoms with Gasteiger partial charge in [-0.25, -0.2) is 4.79 Å². The summed E-state index contributed by atoms with van der Waals surface area (Å²) in [5.74, 6) is 0. The number of urea groups is 1. The molecule has 2 aromatic rings. The lowest BCUT2D eigenvalue weighted by atomic mass is 10.0. The smallest absolute Gasteiger partial charge is 0.328 e. The maximum Gasteiger partial charge on any atom is 0.416 e. The average molecular weight is 348 g/mol. The fourth-order valence-electron chi connectivity index (χ4n) is 2.79. The topological polar surface area (TPSA) is 41.1 Å². The molecule has 1 aliphatic rings. The van der Waals surface area contributed by atoms with Gasteiger partial charge in [-0.2, -0.15) is 13.2 Å². The van der Waals surface area contributed by atoms with Crippen molar-refractivity contribution < 1.29 is 18.0 Å². The number of carbonyl (C=O) groups excluding carboxylic acids is 1. The van der Waals surface area contributed by atoms with E-state index < -0.39 is 17.3 Å². The van der Waals surface area contributed by atoms with Gasteiger partial charge in [0, 0.05) is 5.69 Å². The zero-order chi connectivity index (χ0) is 18.1. The van der Waals surface area contributed by atoms with Crippen molar-refractivity contribution in [2.45, 2.75) is 37.9 Å². The molecule has 1 aliphatic carbocycles. The summed E-state index contributed by atoms with van der Waals surface area (Å²) >= 11 is 0. The highest BCUT2D eigenvalue weighted by Crippen LogP contribution is 2.46. The highest BCUT2D eigenvalue weighted by molar-refractivity contribution is 5.90. The van der Waals surface area contributed by atoms with E-state index in [1.807, 2.05) is 24.3 Å². The fraction of sp³-hybridized carbons (Fsp3) is 0.316. The molecule has 0 spiro atoms. The van der Waals surface area contributed by atoms with Gasteiger partial charge >= 0.3 is 12.2 Å². The third-order valence-electron chi connectivity index (χ3n) is 4.49. The third kappa shape index (κ3) is 3.95. The number of carbonyl (C=O) groups is 1. The van der Waals surface area contributed by atoms with Gasteiger partial charge in [-0.3, -0.25) is 0 Å². The van der Waals surface area contributed by atoms with Gasteiger partial charge in [-0.1, -0.05) is 31.2 Å². The van der Waals surface area contributed by atoms with Crippen LogP contribution in [0.5, 0.6) is 0 Å². The summed E-state index contributed by atoms with van der Waals surface area (Å²) < 4.78 is 38.0. The molecule has 0 radical (unpaired) electrons. The van der Waals surface area contributed by atoms with Crippen molar-refractivity contribution in [2.75, 3.05) is 5.32 Å². The van der Waals surface area contributed by atoms with Crippen LogP contribution in [0.1, 0.15) is 36.5 Å². The highest BCUT2D eigenvalue weighted by atomic mass is 19.4. The second-order valence-corrected chi connectivity index (χ2v) is 6.29. The lowest BCUT2D eigenvalue weighted by molar-refractivity contribution is -0.137. The fourth-order valence-corrected chi connectivity index (χ4v) is 2.79. The molecule has 0 bridgehead atoms. The van der Waals surface area contributed by atoms with Crippen molar-refractivity contribution in [3.8, 4) is 0 Å². The third-order valence-corrected chi connectivity index (χ3v) is 4.49. The molecule has 2 amide bonds. The number of hydrogen-bond acceptors (Lipinski definition) is 1. The number of aryl methyl sites for hydroxylation is 1. The molecular weight excluding hydrogens is 329 g/mol. The molecule has 25 heavy (non-hydrogen) atoms. The van der Waals surface area contributed by atoms with Gasteiger partial charge < -0.3 is 10.6 Å². The number of nitrogens with one attached hydrogen (secondary N) is 2. The second kappa shape index (κ2) is 6.43. The Morgan fingerprint density at radius 1 is 1.04 bits per heavy atom. The molecule has 0 heterocycles. The molecule has 0 aromatic heterocycles. The quantitative estimate of drug-likeness (QED) is 0.795. The number of anilines is 1. The molecule has 1 saturated carbocycles. The van der Waals surface area contributed by atoms with Gasteiger partial charge in [0.1, 0.15) is 0 Å². The van der Waals surface area contributed by atoms with Crippen LogP contribution >= 0.6 is 0 Å². The standard InChI is InChI=1S/C19H19F3N2O/c1-2-13-3-9-16(10-4-13)23-17(25)24-18(11-12-18)14-5-7-15(8-6-14)19(20,21)22/h3-10H,2,11-12H2,1H3,(H2,23,24,25). The first-order valence-corrected chi connectivity index (χ1v) is 8.18. The van der Waals surface area contributed by atoms with Crippen molar-refractivity contribution >= 4 is 11.7 Å². The number of rotatable bonds is 4. The zero-order valence-corrected chi connectivity index (χ0v) is 13.8. The van der Waals surface area contributed by atoms with Crippen molar-refractivity contribution in [3.63, 3.8) is 0 Å². The predicted octanol–water partition coefficient (Wildman–Crippen LogP) is 5.08. The number of amides is 2. The maximum atomic E-state index is 12.7. The predicted molar refractivity (Wildman–Crippen MR) is 90.3 cm³/mol. The Hall–Kier alpha value is -2.50. The number of halogens is 3. The maximum absolute atomic E-state index is 12.7. The SMILES string of the molecule is CCc1ccc(NC(=O)NC2(c3ccc(C(F)(F)F)cc3)CC2)cc1. The normalized spacial score (nSPS) is 15.5. The molecule has 2 aromatic carbocycles. The Kier molecular flexibility index (Phi) is 4.45. The van der Waals surface area contributed by atoms with Crippen molar-refractivity contribution in [1.29, 1.82) is 0 Å². The van der Waals surface area contributed by atoms with Gasteiger partial charge in [-0.15, -0.1) is 0 Å². The van der Waals surface area contributed by atoms with Crippen molar-refractivity contribution in [1.82, 2.24) is 5.32 Å². The Labute approximate surface area is 144 Å². The Morgan fingerprint density at radius 2 is 1.64 bits per heavy atom. The van der Waals surface area contributed by atoms with E-state index in [1.54, 1.807) is 0 Å². The van der Waals surface area contributed by atoms with Gasteiger partial charge in [0.15, 0.2) is 0 Å². The minimum Gasteiger partial charge on any atom is -0.328 e. The van der Waals surface area contributed by atoms with Crippen LogP contribution in [-0.2, 0) is 18.1 Å². The van der Waals surface area contributed by atoms with Crippen LogP contribution in [0, 0.1) is 0 Å². The summed E-state index contributed by atoms with van der Waals surface area (Å²) in [6, 6.07) is 12.2. The lowest BCUT2D eigenvalue weighted by Gasteiger charge is -2.19. The summed E-state index contributed by atoms with van der Waals surface area (Å²) in [5, 5.41) is 5.65. The van der Waals surface area contributed by atoms with Crippen molar-refractivity contribution in [2.24, 2.45) is 0 Å². The van der Waals surface area contributed by atoms with Crippen LogP contribution < -0.4 is 10.6 Å². The Morgan fingerprint density at radius 3 is 2.12 bits per heavy atom. The van der Waals surface area contributed by atoms with Crippen LogP contribution in [-0.4, -0.2) is 6.03 Å². The zero-order valence-electron chi connectivity index (χ0n) is 13.8. The molecule has 6 heteroatoms. The lowest BCUT2D eigenvalue weighted by Crippen LogP contribution is -2.38. The van der Waals surface area contributed by atoms with E-state index in [1.165, 1.54) is 17.7 Å². The monoisotopic (exact) mass is 348 g/mol. The minimum absolute atomic E-state index is 0.360. The van der Waals surface area contributed by atoms with E-state index in [9.17, 15) is 18.0 Å². The van der Waals surface area contributed by atoms with E-state index in [0.717, 1.165) is 18.6 Å². The number of alkyl halides is 3. The van der Waals surface area contributed by atoms with Crippen LogP contribution in [0.3, 0.4) is 0 Å². The molecule has 0 unspecified atom stereocenters. The molecule has 132 valence electrons. The first-order valence-electron chi connectivity index (χ1n) is 8.18. The summed E-state index contributed by atoms with van der Waals surface area (Å²) in [7, 11) is 0. The first kappa shape index (κ1) is 17.3. The van der Waals surface area contributed by atoms with Crippen LogP contribution in [0.4, 0.5) is 23.7 Å². The number of hydrogen-bond donors (Lipinski definition) is 2. The van der Waals surface area contributed by atoms with E-state index in [4.69, 9.17) is 0 Å². The molecule has 3 nitrogen and oxygen atoms in total. The number of benzene rings is 2. The van der Waals surface area contributed by atoms with Gasteiger partial charge in [0.2, 0.25) is 0 Å². The van der Waals surface area contributed by atoms with Crippen LogP contribution in [0.25, 0.3) is 0 Å². The molecule has 3 rings (SSSR count). The second-order valence-electron chi connectivity index (χ2n) is 6.29. The van der Waals surface area contributed by atoms with E-state index in [2.05, 4.69) is 17.6 Å². The van der Waals surface area contributed by atoms with E-state index in [-0.39, 0.29) is 6.03 Å². The molecular formula is C19H19F3N2O. The summed E-state index contributed by atoms with van der Waals surface area (Å²) in [6.07, 6.45) is -2.02. The molecule has 1 fully saturated rings. The molecule has 0 saturated heterocycles. The Bertz CT molecular complexity index is 748. The van der Waals surface area contributed by atoms with E-state index in [0.29, 0.717) is 24.1 Å². The Balaban J connectivity index is 1.66. The van der Waals surface area contributed by atoms with Gasteiger partial charge in [0.25, 0.3) is 0 Å². The minimum atomic E-state index is -4.36. The average Bonchev–Trinajstić information content (AvgIpc) is 3.35. The molecule has 0 atom stereocenters. The molecule has 2 N–H and O–H groups in total. The largest absolute Gasteiger partial charge is 0.416 e. The summed E-state index contributed by atoms with van der Waals surface area (Å²) in [5.41, 5.74) is 1.29. The van der Waals surface area contributed by atoms with E-state index >= 15 is 0 Å². The van der Waals surface area contributed by atoms with Gasteiger partial charge in [-0.05, 0) is 54.7 Å². The van der Waals surface area contributed by atoms with Gasteiger partial charge in [0.05, 0.1) is 11.1 Å². The van der Waals surface area contributed by atoms with Crippen LogP contribution in [0.2, 0.25) is 0 Å². The molecule has 0 aliphatic heterocycles. The van der Waals surface area contributed by atoms with Crippen molar-refractivity contribution in [3.05, 3.63) is 65.2 Å². The summed E-state index contributed by atoms with van der Waals surface area (Å²) in [4.78, 5) is 12.2. The van der Waals surface area contributed by atoms with Crippen LogP contribution in [0.15, 0.2) is 48.5 Å². The first-order chi connectivity index (χ1) is 11.8.